The number of ether oxygens (including phenoxy) is 1. The zero-order valence-corrected chi connectivity index (χ0v) is 13.0. The Balaban J connectivity index is 2.31. The van der Waals surface area contributed by atoms with Gasteiger partial charge in [0, 0.05) is 10.0 Å². The zero-order chi connectivity index (χ0) is 13.4. The smallest absolute Gasteiger partial charge is 0.122 e. The lowest BCUT2D eigenvalue weighted by molar-refractivity contribution is 0.205. The van der Waals surface area contributed by atoms with E-state index >= 15 is 0 Å². The van der Waals surface area contributed by atoms with Crippen LogP contribution in [0.3, 0.4) is 0 Å². The average molecular weight is 312 g/mol. The van der Waals surface area contributed by atoms with Crippen molar-refractivity contribution in [3.63, 3.8) is 0 Å². The van der Waals surface area contributed by atoms with Gasteiger partial charge in [0.1, 0.15) is 5.75 Å². The molecule has 0 aromatic heterocycles. The second-order valence-electron chi connectivity index (χ2n) is 6.03. The first-order valence-electron chi connectivity index (χ1n) is 6.49. The van der Waals surface area contributed by atoms with Crippen LogP contribution in [0.4, 0.5) is 0 Å². The molecule has 1 aromatic rings. The van der Waals surface area contributed by atoms with E-state index in [1.807, 2.05) is 12.1 Å². The minimum Gasteiger partial charge on any atom is -0.496 e. The number of halogens is 1. The topological polar surface area (TPSA) is 35.2 Å². The molecule has 1 saturated carbocycles. The molecule has 3 heteroatoms. The number of nitrogens with two attached hydrogens (primary N) is 1. The van der Waals surface area contributed by atoms with Crippen LogP contribution in [0.25, 0.3) is 0 Å². The molecule has 1 aromatic carbocycles. The third kappa shape index (κ3) is 2.43. The van der Waals surface area contributed by atoms with Crippen LogP contribution in [0.2, 0.25) is 0 Å². The van der Waals surface area contributed by atoms with Crippen molar-refractivity contribution in [2.24, 2.45) is 11.1 Å². The van der Waals surface area contributed by atoms with E-state index in [2.05, 4.69) is 35.8 Å². The number of hydrogen-bond donors (Lipinski definition) is 1. The summed E-state index contributed by atoms with van der Waals surface area (Å²) >= 11 is 3.52. The highest BCUT2D eigenvalue weighted by Crippen LogP contribution is 2.46. The Morgan fingerprint density at radius 1 is 1.33 bits per heavy atom. The molecule has 1 atom stereocenters. The highest BCUT2D eigenvalue weighted by molar-refractivity contribution is 9.10. The molecular weight excluding hydrogens is 290 g/mol. The van der Waals surface area contributed by atoms with Gasteiger partial charge in [-0.1, -0.05) is 36.2 Å². The van der Waals surface area contributed by atoms with Crippen molar-refractivity contribution in [2.75, 3.05) is 7.11 Å². The summed E-state index contributed by atoms with van der Waals surface area (Å²) in [5.41, 5.74) is 7.94. The monoisotopic (exact) mass is 311 g/mol. The van der Waals surface area contributed by atoms with Gasteiger partial charge < -0.3 is 10.5 Å². The molecule has 18 heavy (non-hydrogen) atoms. The zero-order valence-electron chi connectivity index (χ0n) is 11.4. The van der Waals surface area contributed by atoms with Crippen molar-refractivity contribution in [1.82, 2.24) is 0 Å². The largest absolute Gasteiger partial charge is 0.496 e. The molecule has 1 aliphatic rings. The molecule has 0 amide bonds. The van der Waals surface area contributed by atoms with Crippen LogP contribution in [0.15, 0.2) is 22.7 Å². The van der Waals surface area contributed by atoms with Gasteiger partial charge in [-0.25, -0.2) is 0 Å². The summed E-state index contributed by atoms with van der Waals surface area (Å²) in [4.78, 5) is 0. The summed E-state index contributed by atoms with van der Waals surface area (Å²) in [6, 6.07) is 6.14. The van der Waals surface area contributed by atoms with Gasteiger partial charge in [0.15, 0.2) is 0 Å². The Kier molecular flexibility index (Phi) is 3.75. The molecule has 0 bridgehead atoms. The Labute approximate surface area is 118 Å². The van der Waals surface area contributed by atoms with E-state index < -0.39 is 0 Å². The number of rotatable bonds is 3. The SMILES string of the molecule is COc1ccc(Br)cc1CC1(N)CCCC1(C)C. The fraction of sp³-hybridized carbons (Fsp3) is 0.600. The molecule has 0 saturated heterocycles. The summed E-state index contributed by atoms with van der Waals surface area (Å²) in [5.74, 6) is 0.936. The van der Waals surface area contributed by atoms with Crippen LogP contribution in [0.1, 0.15) is 38.7 Å². The van der Waals surface area contributed by atoms with Crippen molar-refractivity contribution in [2.45, 2.75) is 45.1 Å². The Morgan fingerprint density at radius 3 is 2.61 bits per heavy atom. The predicted molar refractivity (Wildman–Crippen MR) is 78.9 cm³/mol. The lowest BCUT2D eigenvalue weighted by Crippen LogP contribution is -2.50. The minimum absolute atomic E-state index is 0.124. The number of benzene rings is 1. The van der Waals surface area contributed by atoms with Crippen LogP contribution < -0.4 is 10.5 Å². The normalized spacial score (nSPS) is 26.3. The van der Waals surface area contributed by atoms with Gasteiger partial charge in [0.2, 0.25) is 0 Å². The van der Waals surface area contributed by atoms with E-state index in [1.165, 1.54) is 18.4 Å². The Hall–Kier alpha value is -0.540. The molecule has 0 spiro atoms. The van der Waals surface area contributed by atoms with Crippen LogP contribution in [-0.2, 0) is 6.42 Å². The standard InChI is InChI=1S/C15H22BrNO/c1-14(2)7-4-8-15(14,17)10-11-9-12(16)5-6-13(11)18-3/h5-6,9H,4,7-8,10,17H2,1-3H3. The molecule has 0 aliphatic heterocycles. The van der Waals surface area contributed by atoms with Gasteiger partial charge in [-0.3, -0.25) is 0 Å². The second-order valence-corrected chi connectivity index (χ2v) is 6.94. The van der Waals surface area contributed by atoms with Crippen molar-refractivity contribution >= 4 is 15.9 Å². The molecule has 1 aliphatic carbocycles. The fourth-order valence-corrected chi connectivity index (χ4v) is 3.39. The van der Waals surface area contributed by atoms with Crippen molar-refractivity contribution < 1.29 is 4.74 Å². The fourth-order valence-electron chi connectivity index (χ4n) is 2.99. The van der Waals surface area contributed by atoms with E-state index in [4.69, 9.17) is 10.5 Å². The van der Waals surface area contributed by atoms with Gasteiger partial charge in [0.25, 0.3) is 0 Å². The third-order valence-electron chi connectivity index (χ3n) is 4.52. The average Bonchev–Trinajstić information content (AvgIpc) is 2.53. The summed E-state index contributed by atoms with van der Waals surface area (Å²) < 4.78 is 6.53. The van der Waals surface area contributed by atoms with Crippen LogP contribution in [0.5, 0.6) is 5.75 Å². The second kappa shape index (κ2) is 4.86. The van der Waals surface area contributed by atoms with Crippen LogP contribution in [-0.4, -0.2) is 12.6 Å². The van der Waals surface area contributed by atoms with E-state index in [1.54, 1.807) is 7.11 Å². The van der Waals surface area contributed by atoms with Crippen LogP contribution >= 0.6 is 15.9 Å². The Bertz CT molecular complexity index is 444. The van der Waals surface area contributed by atoms with E-state index in [9.17, 15) is 0 Å². The molecule has 1 unspecified atom stereocenters. The van der Waals surface area contributed by atoms with Gasteiger partial charge in [-0.15, -0.1) is 0 Å². The van der Waals surface area contributed by atoms with Gasteiger partial charge in [0.05, 0.1) is 7.11 Å². The lowest BCUT2D eigenvalue weighted by Gasteiger charge is -2.38. The van der Waals surface area contributed by atoms with Gasteiger partial charge >= 0.3 is 0 Å². The first kappa shape index (κ1) is 13.9. The first-order chi connectivity index (χ1) is 8.38. The highest BCUT2D eigenvalue weighted by Gasteiger charge is 2.45. The van der Waals surface area contributed by atoms with Gasteiger partial charge in [-0.2, -0.15) is 0 Å². The van der Waals surface area contributed by atoms with Crippen molar-refractivity contribution in [3.8, 4) is 5.75 Å². The summed E-state index contributed by atoms with van der Waals surface area (Å²) in [6.45, 7) is 4.56. The van der Waals surface area contributed by atoms with Gasteiger partial charge in [-0.05, 0) is 48.4 Å². The van der Waals surface area contributed by atoms with E-state index in [0.717, 1.165) is 23.1 Å². The number of methoxy groups -OCH3 is 1. The van der Waals surface area contributed by atoms with Crippen molar-refractivity contribution in [3.05, 3.63) is 28.2 Å². The maximum Gasteiger partial charge on any atom is 0.122 e. The summed E-state index contributed by atoms with van der Waals surface area (Å²) in [5, 5.41) is 0. The quantitative estimate of drug-likeness (QED) is 0.918. The van der Waals surface area contributed by atoms with E-state index in [-0.39, 0.29) is 11.0 Å². The predicted octanol–water partition coefficient (Wildman–Crippen LogP) is 3.91. The summed E-state index contributed by atoms with van der Waals surface area (Å²) in [7, 11) is 1.72. The lowest BCUT2D eigenvalue weighted by atomic mass is 9.72. The van der Waals surface area contributed by atoms with Crippen molar-refractivity contribution in [1.29, 1.82) is 0 Å². The minimum atomic E-state index is -0.124. The molecule has 1 fully saturated rings. The Morgan fingerprint density at radius 2 is 2.06 bits per heavy atom. The van der Waals surface area contributed by atoms with E-state index in [0.29, 0.717) is 0 Å². The third-order valence-corrected chi connectivity index (χ3v) is 5.01. The maximum absolute atomic E-state index is 6.67. The highest BCUT2D eigenvalue weighted by atomic mass is 79.9. The molecule has 0 heterocycles. The molecule has 2 rings (SSSR count). The molecule has 2 N–H and O–H groups in total. The number of hydrogen-bond acceptors (Lipinski definition) is 2. The molecular formula is C15H22BrNO. The first-order valence-corrected chi connectivity index (χ1v) is 7.29. The molecule has 0 radical (unpaired) electrons. The van der Waals surface area contributed by atoms with Crippen LogP contribution in [0, 0.1) is 5.41 Å². The molecule has 100 valence electrons. The maximum atomic E-state index is 6.67. The summed E-state index contributed by atoms with van der Waals surface area (Å²) in [6.07, 6.45) is 4.40. The molecule has 2 nitrogen and oxygen atoms in total.